The van der Waals surface area contributed by atoms with Crippen LogP contribution < -0.4 is 5.32 Å². The number of hydrogen-bond donors (Lipinski definition) is 1. The van der Waals surface area contributed by atoms with Gasteiger partial charge in [-0.2, -0.15) is 0 Å². The minimum absolute atomic E-state index is 0.00829. The molecule has 0 aromatic carbocycles. The summed E-state index contributed by atoms with van der Waals surface area (Å²) in [5, 5.41) is 2.68. The molecule has 5 heteroatoms. The lowest BCUT2D eigenvalue weighted by Gasteiger charge is -2.22. The van der Waals surface area contributed by atoms with E-state index in [0.29, 0.717) is 19.1 Å². The highest BCUT2D eigenvalue weighted by atomic mass is 16.5. The summed E-state index contributed by atoms with van der Waals surface area (Å²) >= 11 is 0. The molecule has 0 bridgehead atoms. The average molecular weight is 252 g/mol. The van der Waals surface area contributed by atoms with Gasteiger partial charge in [-0.1, -0.05) is 6.92 Å². The second-order valence-corrected chi connectivity index (χ2v) is 5.72. The number of hydrogen-bond acceptors (Lipinski definition) is 3. The van der Waals surface area contributed by atoms with Crippen LogP contribution in [0.3, 0.4) is 0 Å². The number of nitrogens with zero attached hydrogens (tertiary/aromatic N) is 1. The minimum Gasteiger partial charge on any atom is -0.375 e. The van der Waals surface area contributed by atoms with E-state index in [2.05, 4.69) is 12.2 Å². The van der Waals surface area contributed by atoms with E-state index >= 15 is 0 Å². The van der Waals surface area contributed by atoms with Gasteiger partial charge in [0.2, 0.25) is 11.8 Å². The van der Waals surface area contributed by atoms with Gasteiger partial charge >= 0.3 is 0 Å². The molecule has 2 aliphatic heterocycles. The van der Waals surface area contributed by atoms with Crippen molar-refractivity contribution in [1.82, 2.24) is 10.2 Å². The highest BCUT2D eigenvalue weighted by molar-refractivity contribution is 5.85. The Bertz CT molecular complexity index is 384. The molecule has 1 saturated carbocycles. The zero-order valence-electron chi connectivity index (χ0n) is 10.9. The summed E-state index contributed by atoms with van der Waals surface area (Å²) in [6, 6.07) is 0.118. The highest BCUT2D eigenvalue weighted by Gasteiger charge is 2.53. The Kier molecular flexibility index (Phi) is 2.81. The van der Waals surface area contributed by atoms with Crippen molar-refractivity contribution in [2.45, 2.75) is 31.9 Å². The molecule has 3 rings (SSSR count). The van der Waals surface area contributed by atoms with Crippen molar-refractivity contribution in [2.75, 3.05) is 20.2 Å². The largest absolute Gasteiger partial charge is 0.375 e. The Labute approximate surface area is 107 Å². The monoisotopic (exact) mass is 252 g/mol. The maximum Gasteiger partial charge on any atom is 0.227 e. The molecule has 0 radical (unpaired) electrons. The predicted molar refractivity (Wildman–Crippen MR) is 64.7 cm³/mol. The molecular weight excluding hydrogens is 232 g/mol. The predicted octanol–water partition coefficient (Wildman–Crippen LogP) is 0.00430. The zero-order chi connectivity index (χ0) is 12.9. The molecule has 1 N–H and O–H groups in total. The van der Waals surface area contributed by atoms with Crippen LogP contribution in [0.2, 0.25) is 0 Å². The first-order valence-corrected chi connectivity index (χ1v) is 6.77. The summed E-state index contributed by atoms with van der Waals surface area (Å²) in [6.45, 7) is 3.29. The summed E-state index contributed by atoms with van der Waals surface area (Å²) in [5.74, 6) is 0.730. The van der Waals surface area contributed by atoms with Crippen molar-refractivity contribution < 1.29 is 14.3 Å². The number of carbonyl (C=O) groups excluding carboxylic acids is 2. The summed E-state index contributed by atoms with van der Waals surface area (Å²) < 4.78 is 5.67. The number of likely N-dealkylation sites (tertiary alicyclic amines) is 1. The third kappa shape index (κ3) is 1.72. The Balaban J connectivity index is 1.76. The van der Waals surface area contributed by atoms with E-state index in [4.69, 9.17) is 4.74 Å². The van der Waals surface area contributed by atoms with Crippen molar-refractivity contribution in [1.29, 1.82) is 0 Å². The van der Waals surface area contributed by atoms with Crippen molar-refractivity contribution in [3.8, 4) is 0 Å². The Morgan fingerprint density at radius 1 is 1.33 bits per heavy atom. The van der Waals surface area contributed by atoms with E-state index < -0.39 is 0 Å². The van der Waals surface area contributed by atoms with Crippen molar-refractivity contribution >= 4 is 11.8 Å². The quantitative estimate of drug-likeness (QED) is 0.753. The maximum atomic E-state index is 12.4. The zero-order valence-corrected chi connectivity index (χ0v) is 10.9. The van der Waals surface area contributed by atoms with Gasteiger partial charge in [-0.05, 0) is 18.8 Å². The van der Waals surface area contributed by atoms with Gasteiger partial charge in [0.1, 0.15) is 0 Å². The van der Waals surface area contributed by atoms with E-state index in [0.717, 1.165) is 12.8 Å². The second-order valence-electron chi connectivity index (χ2n) is 5.72. The molecule has 0 spiro atoms. The van der Waals surface area contributed by atoms with Crippen LogP contribution in [-0.4, -0.2) is 49.1 Å². The van der Waals surface area contributed by atoms with E-state index in [1.165, 1.54) is 0 Å². The summed E-state index contributed by atoms with van der Waals surface area (Å²) in [7, 11) is 1.64. The van der Waals surface area contributed by atoms with Crippen LogP contribution in [0, 0.1) is 17.8 Å². The minimum atomic E-state index is -0.194. The summed E-state index contributed by atoms with van der Waals surface area (Å²) in [6.07, 6.45) is 1.77. The molecular formula is C13H20N2O3. The molecule has 2 heterocycles. The fourth-order valence-corrected chi connectivity index (χ4v) is 3.32. The second kappa shape index (κ2) is 4.23. The number of amides is 2. The lowest BCUT2D eigenvalue weighted by atomic mass is 10.0. The number of ether oxygens (including phenoxy) is 1. The van der Waals surface area contributed by atoms with Crippen LogP contribution >= 0.6 is 0 Å². The first-order valence-electron chi connectivity index (χ1n) is 6.77. The molecule has 100 valence electrons. The number of carbonyl (C=O) groups is 2. The fraction of sp³-hybridized carbons (Fsp3) is 0.846. The lowest BCUT2D eigenvalue weighted by Crippen LogP contribution is -2.38. The van der Waals surface area contributed by atoms with E-state index in [1.807, 2.05) is 4.90 Å². The van der Waals surface area contributed by atoms with Gasteiger partial charge in [-0.3, -0.25) is 9.59 Å². The standard InChI is InChI=1S/C13H20N2O3/c1-7-5-8(7)13(17)15-6-9(12(16)14-2)11-10(15)3-4-18-11/h7-11H,3-6H2,1-2H3,(H,14,16)/t7-,8+,9+,10-,11-/m1/s1. The van der Waals surface area contributed by atoms with Gasteiger partial charge in [0, 0.05) is 26.1 Å². The highest BCUT2D eigenvalue weighted by Crippen LogP contribution is 2.42. The molecule has 0 aromatic heterocycles. The maximum absolute atomic E-state index is 12.4. The summed E-state index contributed by atoms with van der Waals surface area (Å²) in [5.41, 5.74) is 0. The van der Waals surface area contributed by atoms with Gasteiger partial charge in [0.05, 0.1) is 18.1 Å². The Hall–Kier alpha value is -1.10. The smallest absolute Gasteiger partial charge is 0.227 e. The topological polar surface area (TPSA) is 58.6 Å². The van der Waals surface area contributed by atoms with Crippen molar-refractivity contribution in [3.63, 3.8) is 0 Å². The van der Waals surface area contributed by atoms with Gasteiger partial charge in [0.25, 0.3) is 0 Å². The molecule has 3 fully saturated rings. The van der Waals surface area contributed by atoms with Gasteiger partial charge in [-0.25, -0.2) is 0 Å². The van der Waals surface area contributed by atoms with Crippen LogP contribution in [-0.2, 0) is 14.3 Å². The molecule has 0 unspecified atom stereocenters. The van der Waals surface area contributed by atoms with Gasteiger partial charge < -0.3 is 15.0 Å². The molecule has 5 atom stereocenters. The third-order valence-electron chi connectivity index (χ3n) is 4.59. The van der Waals surface area contributed by atoms with Crippen LogP contribution in [0.25, 0.3) is 0 Å². The molecule has 3 aliphatic rings. The van der Waals surface area contributed by atoms with Crippen molar-refractivity contribution in [3.05, 3.63) is 0 Å². The first-order chi connectivity index (χ1) is 8.63. The van der Waals surface area contributed by atoms with Crippen LogP contribution in [0.15, 0.2) is 0 Å². The Morgan fingerprint density at radius 3 is 2.67 bits per heavy atom. The number of rotatable bonds is 2. The normalized spacial score (nSPS) is 41.7. The first kappa shape index (κ1) is 12.0. The molecule has 2 amide bonds. The lowest BCUT2D eigenvalue weighted by molar-refractivity contribution is -0.134. The third-order valence-corrected chi connectivity index (χ3v) is 4.59. The number of nitrogens with one attached hydrogen (secondary N) is 1. The number of fused-ring (bicyclic) bond motifs is 1. The molecule has 5 nitrogen and oxygen atoms in total. The van der Waals surface area contributed by atoms with Gasteiger partial charge in [-0.15, -0.1) is 0 Å². The SMILES string of the molecule is CNC(=O)[C@H]1CN(C(=O)[C@H]2C[C@H]2C)[C@@H]2CCO[C@H]12. The van der Waals surface area contributed by atoms with E-state index in [1.54, 1.807) is 7.05 Å². The van der Waals surface area contributed by atoms with E-state index in [-0.39, 0.29) is 35.8 Å². The van der Waals surface area contributed by atoms with Gasteiger partial charge in [0.15, 0.2) is 0 Å². The van der Waals surface area contributed by atoms with Crippen LogP contribution in [0.4, 0.5) is 0 Å². The molecule has 1 aliphatic carbocycles. The van der Waals surface area contributed by atoms with Crippen molar-refractivity contribution in [2.24, 2.45) is 17.8 Å². The van der Waals surface area contributed by atoms with E-state index in [9.17, 15) is 9.59 Å². The average Bonchev–Trinajstić information content (AvgIpc) is 2.80. The Morgan fingerprint density at radius 2 is 2.06 bits per heavy atom. The van der Waals surface area contributed by atoms with Crippen LogP contribution in [0.5, 0.6) is 0 Å². The van der Waals surface area contributed by atoms with Crippen LogP contribution in [0.1, 0.15) is 19.8 Å². The summed E-state index contributed by atoms with van der Waals surface area (Å²) in [4.78, 5) is 26.1. The fourth-order valence-electron chi connectivity index (χ4n) is 3.32. The molecule has 18 heavy (non-hydrogen) atoms. The molecule has 2 saturated heterocycles. The molecule has 0 aromatic rings.